The molecule has 0 aliphatic heterocycles. The van der Waals surface area contributed by atoms with Crippen molar-refractivity contribution in [1.29, 1.82) is 0 Å². The summed E-state index contributed by atoms with van der Waals surface area (Å²) in [6.07, 6.45) is 2.50. The highest BCUT2D eigenvalue weighted by molar-refractivity contribution is 8.00. The highest BCUT2D eigenvalue weighted by Crippen LogP contribution is 2.42. The molecule has 0 spiro atoms. The fourth-order valence-corrected chi connectivity index (χ4v) is 5.52. The predicted molar refractivity (Wildman–Crippen MR) is 134 cm³/mol. The molecule has 1 atom stereocenters. The number of carbonyl (C=O) groups is 1. The lowest BCUT2D eigenvalue weighted by Gasteiger charge is -2.18. The number of rotatable bonds is 9. The third-order valence-electron chi connectivity index (χ3n) is 5.08. The van der Waals surface area contributed by atoms with E-state index < -0.39 is 0 Å². The summed E-state index contributed by atoms with van der Waals surface area (Å²) >= 11 is 3.48. The highest BCUT2D eigenvalue weighted by atomic mass is 32.2. The summed E-state index contributed by atoms with van der Waals surface area (Å²) < 4.78 is 7.16. The van der Waals surface area contributed by atoms with E-state index >= 15 is 0 Å². The van der Waals surface area contributed by atoms with Gasteiger partial charge in [0.15, 0.2) is 5.78 Å². The number of aromatic nitrogens is 2. The lowest BCUT2D eigenvalue weighted by Crippen LogP contribution is -2.08. The topological polar surface area (TPSA) is 44.1 Å². The Bertz CT molecular complexity index is 1150. The Kier molecular flexibility index (Phi) is 7.12. The third kappa shape index (κ3) is 5.14. The van der Waals surface area contributed by atoms with Crippen molar-refractivity contribution in [2.45, 2.75) is 30.8 Å². The molecule has 0 aliphatic carbocycles. The first-order chi connectivity index (χ1) is 15.5. The molecule has 0 bridgehead atoms. The quantitative estimate of drug-likeness (QED) is 0.250. The molecule has 0 saturated heterocycles. The van der Waals surface area contributed by atoms with E-state index in [1.807, 2.05) is 77.1 Å². The van der Waals surface area contributed by atoms with E-state index in [-0.39, 0.29) is 11.0 Å². The van der Waals surface area contributed by atoms with Gasteiger partial charge in [-0.2, -0.15) is 16.9 Å². The molecule has 0 saturated carbocycles. The summed E-state index contributed by atoms with van der Waals surface area (Å²) in [4.78, 5) is 14.3. The molecule has 1 unspecified atom stereocenters. The van der Waals surface area contributed by atoms with Gasteiger partial charge in [0.2, 0.25) is 0 Å². The van der Waals surface area contributed by atoms with Gasteiger partial charge in [0.25, 0.3) is 0 Å². The van der Waals surface area contributed by atoms with Crippen LogP contribution in [0.5, 0.6) is 5.75 Å². The number of hydrogen-bond donors (Lipinski definition) is 0. The van der Waals surface area contributed by atoms with Crippen LogP contribution in [-0.2, 0) is 0 Å². The Morgan fingerprint density at radius 2 is 1.81 bits per heavy atom. The number of Topliss-reactive ketones (excluding diaryl/α,β-unsaturated/α-hetero) is 1. The van der Waals surface area contributed by atoms with Crippen LogP contribution in [0.25, 0.3) is 16.3 Å². The third-order valence-corrected chi connectivity index (χ3v) is 7.25. The minimum Gasteiger partial charge on any atom is -0.497 e. The van der Waals surface area contributed by atoms with Crippen molar-refractivity contribution in [2.24, 2.45) is 0 Å². The molecule has 2 heterocycles. The predicted octanol–water partition coefficient (Wildman–Crippen LogP) is 7.07. The number of nitrogens with zero attached hydrogens (tertiary/aromatic N) is 2. The highest BCUT2D eigenvalue weighted by Gasteiger charge is 2.25. The molecule has 0 radical (unpaired) electrons. The molecule has 0 fully saturated rings. The molecule has 0 aliphatic rings. The maximum absolute atomic E-state index is 13.2. The Morgan fingerprint density at radius 1 is 1.06 bits per heavy atom. The van der Waals surface area contributed by atoms with Crippen LogP contribution in [0, 0.1) is 0 Å². The minimum atomic E-state index is -0.000774. The van der Waals surface area contributed by atoms with Crippen LogP contribution < -0.4 is 4.74 Å². The number of ether oxygens (including phenoxy) is 1. The summed E-state index contributed by atoms with van der Waals surface area (Å²) in [6, 6.07) is 21.6. The van der Waals surface area contributed by atoms with Crippen LogP contribution in [-0.4, -0.2) is 27.9 Å². The van der Waals surface area contributed by atoms with Gasteiger partial charge >= 0.3 is 0 Å². The van der Waals surface area contributed by atoms with Crippen LogP contribution in [0.4, 0.5) is 0 Å². The van der Waals surface area contributed by atoms with Gasteiger partial charge in [-0.3, -0.25) is 4.79 Å². The van der Waals surface area contributed by atoms with Gasteiger partial charge in [0, 0.05) is 29.0 Å². The first kappa shape index (κ1) is 22.4. The molecule has 2 aromatic carbocycles. The van der Waals surface area contributed by atoms with Gasteiger partial charge in [-0.05, 0) is 53.1 Å². The first-order valence-electron chi connectivity index (χ1n) is 10.6. The van der Waals surface area contributed by atoms with Crippen LogP contribution in [0.15, 0.2) is 78.3 Å². The second-order valence-electron chi connectivity index (χ2n) is 7.72. The maximum Gasteiger partial charge on any atom is 0.164 e. The fraction of sp³-hybridized carbons (Fsp3) is 0.231. The van der Waals surface area contributed by atoms with Gasteiger partial charge < -0.3 is 4.74 Å². The van der Waals surface area contributed by atoms with Crippen molar-refractivity contribution in [3.8, 4) is 22.0 Å². The van der Waals surface area contributed by atoms with Crippen LogP contribution in [0.2, 0.25) is 0 Å². The molecular weight excluding hydrogens is 436 g/mol. The van der Waals surface area contributed by atoms with Crippen molar-refractivity contribution >= 4 is 28.9 Å². The lowest BCUT2D eigenvalue weighted by molar-refractivity contribution is 0.0982. The average Bonchev–Trinajstić information content (AvgIpc) is 3.49. The van der Waals surface area contributed by atoms with Gasteiger partial charge in [-0.25, -0.2) is 4.68 Å². The van der Waals surface area contributed by atoms with E-state index in [1.54, 1.807) is 18.4 Å². The summed E-state index contributed by atoms with van der Waals surface area (Å²) in [5, 5.41) is 7.38. The standard InChI is InChI=1S/C26H26N2O2S2/c1-18(2)32-25(16-23(29)19-11-13-21(30-3)14-12-19)22-17-28(20-8-5-4-6-9-20)27-26(22)24-10-7-15-31-24/h4-15,17-18,25H,16H2,1-3H3. The van der Waals surface area contributed by atoms with E-state index in [1.165, 1.54) is 0 Å². The molecule has 32 heavy (non-hydrogen) atoms. The molecule has 4 aromatic rings. The molecule has 0 N–H and O–H groups in total. The second-order valence-corrected chi connectivity index (χ2v) is 10.5. The zero-order chi connectivity index (χ0) is 22.5. The van der Waals surface area contributed by atoms with Gasteiger partial charge in [-0.15, -0.1) is 11.3 Å². The van der Waals surface area contributed by atoms with E-state index in [2.05, 4.69) is 31.5 Å². The molecule has 4 nitrogen and oxygen atoms in total. The van der Waals surface area contributed by atoms with Crippen molar-refractivity contribution in [3.05, 3.63) is 89.4 Å². The molecule has 164 valence electrons. The molecule has 0 amide bonds. The fourth-order valence-electron chi connectivity index (χ4n) is 3.56. The number of ketones is 1. The molecule has 2 aromatic heterocycles. The van der Waals surface area contributed by atoms with E-state index in [0.29, 0.717) is 17.2 Å². The van der Waals surface area contributed by atoms with Crippen LogP contribution >= 0.6 is 23.1 Å². The first-order valence-corrected chi connectivity index (χ1v) is 12.4. The number of thiophene rings is 1. The zero-order valence-corrected chi connectivity index (χ0v) is 20.0. The lowest BCUT2D eigenvalue weighted by atomic mass is 10.0. The number of hydrogen-bond acceptors (Lipinski definition) is 5. The molecular formula is C26H26N2O2S2. The number of carbonyl (C=O) groups excluding carboxylic acids is 1. The summed E-state index contributed by atoms with van der Waals surface area (Å²) in [5.74, 6) is 0.870. The summed E-state index contributed by atoms with van der Waals surface area (Å²) in [5.41, 5.74) is 3.75. The summed E-state index contributed by atoms with van der Waals surface area (Å²) in [7, 11) is 1.63. The molecule has 6 heteroatoms. The van der Waals surface area contributed by atoms with Gasteiger partial charge in [0.05, 0.1) is 17.7 Å². The minimum absolute atomic E-state index is 0.000774. The smallest absolute Gasteiger partial charge is 0.164 e. The number of benzene rings is 2. The Hall–Kier alpha value is -2.83. The monoisotopic (exact) mass is 462 g/mol. The number of thioether (sulfide) groups is 1. The van der Waals surface area contributed by atoms with Crippen molar-refractivity contribution < 1.29 is 9.53 Å². The van der Waals surface area contributed by atoms with Crippen molar-refractivity contribution in [2.75, 3.05) is 7.11 Å². The van der Waals surface area contributed by atoms with E-state index in [9.17, 15) is 4.79 Å². The maximum atomic E-state index is 13.2. The zero-order valence-electron chi connectivity index (χ0n) is 18.4. The van der Waals surface area contributed by atoms with Gasteiger partial charge in [0.1, 0.15) is 11.4 Å². The van der Waals surface area contributed by atoms with E-state index in [4.69, 9.17) is 9.84 Å². The van der Waals surface area contributed by atoms with E-state index in [0.717, 1.165) is 27.6 Å². The van der Waals surface area contributed by atoms with Crippen LogP contribution in [0.1, 0.15) is 41.4 Å². The Balaban J connectivity index is 1.71. The average molecular weight is 463 g/mol. The van der Waals surface area contributed by atoms with Crippen molar-refractivity contribution in [3.63, 3.8) is 0 Å². The second kappa shape index (κ2) is 10.2. The normalized spacial score (nSPS) is 12.1. The Labute approximate surface area is 197 Å². The SMILES string of the molecule is COc1ccc(C(=O)CC(SC(C)C)c2cn(-c3ccccc3)nc2-c2cccs2)cc1. The Morgan fingerprint density at radius 3 is 2.44 bits per heavy atom. The number of para-hydroxylation sites is 1. The van der Waals surface area contributed by atoms with Crippen LogP contribution in [0.3, 0.4) is 0 Å². The summed E-state index contributed by atoms with van der Waals surface area (Å²) in [6.45, 7) is 4.34. The molecule has 4 rings (SSSR count). The van der Waals surface area contributed by atoms with Gasteiger partial charge in [-0.1, -0.05) is 38.1 Å². The van der Waals surface area contributed by atoms with Crippen molar-refractivity contribution in [1.82, 2.24) is 9.78 Å². The largest absolute Gasteiger partial charge is 0.497 e. The number of methoxy groups -OCH3 is 1.